The van der Waals surface area contributed by atoms with Gasteiger partial charge in [0.2, 0.25) is 0 Å². The molecule has 0 bridgehead atoms. The molecule has 0 spiro atoms. The smallest absolute Gasteiger partial charge is 0.0528 e. The summed E-state index contributed by atoms with van der Waals surface area (Å²) in [5.41, 5.74) is 4.70. The molecule has 0 aliphatic heterocycles. The molecule has 0 heterocycles. The largest absolute Gasteiger partial charge is 0.395 e. The quantitative estimate of drug-likeness (QED) is 0.754. The SMILES string of the molecule is OCC1(c2cccc3c2CCC3)CC1. The van der Waals surface area contributed by atoms with Gasteiger partial charge < -0.3 is 5.11 Å². The molecule has 14 heavy (non-hydrogen) atoms. The molecule has 2 aliphatic rings. The molecule has 0 unspecified atom stereocenters. The Kier molecular flexibility index (Phi) is 1.72. The molecule has 0 atom stereocenters. The Balaban J connectivity index is 2.10. The first-order chi connectivity index (χ1) is 6.86. The average Bonchev–Trinajstić information content (AvgIpc) is 2.87. The normalized spacial score (nSPS) is 22.1. The third-order valence-corrected chi connectivity index (χ3v) is 3.87. The van der Waals surface area contributed by atoms with Gasteiger partial charge >= 0.3 is 0 Å². The van der Waals surface area contributed by atoms with E-state index in [1.54, 1.807) is 5.56 Å². The maximum absolute atomic E-state index is 9.44. The fraction of sp³-hybridized carbons (Fsp3) is 0.538. The third kappa shape index (κ3) is 1.05. The van der Waals surface area contributed by atoms with Crippen molar-refractivity contribution >= 4 is 0 Å². The molecule has 1 aromatic rings. The van der Waals surface area contributed by atoms with Crippen molar-refractivity contribution in [2.24, 2.45) is 0 Å². The molecule has 1 fully saturated rings. The molecule has 0 aromatic heterocycles. The van der Waals surface area contributed by atoms with Crippen molar-refractivity contribution in [3.05, 3.63) is 34.9 Å². The fourth-order valence-electron chi connectivity index (χ4n) is 2.78. The highest BCUT2D eigenvalue weighted by molar-refractivity contribution is 5.45. The number of rotatable bonds is 2. The predicted octanol–water partition coefficient (Wildman–Crippen LogP) is 2.20. The molecule has 0 saturated heterocycles. The Morgan fingerprint density at radius 3 is 2.79 bits per heavy atom. The van der Waals surface area contributed by atoms with Gasteiger partial charge in [0.05, 0.1) is 6.61 Å². The highest BCUT2D eigenvalue weighted by Gasteiger charge is 2.45. The number of aryl methyl sites for hydroxylation is 1. The monoisotopic (exact) mass is 188 g/mol. The Labute approximate surface area is 84.8 Å². The molecule has 1 aromatic carbocycles. The Hall–Kier alpha value is -0.820. The van der Waals surface area contributed by atoms with E-state index in [9.17, 15) is 5.11 Å². The van der Waals surface area contributed by atoms with Gasteiger partial charge in [0.15, 0.2) is 0 Å². The molecular weight excluding hydrogens is 172 g/mol. The van der Waals surface area contributed by atoms with Crippen molar-refractivity contribution in [3.8, 4) is 0 Å². The molecular formula is C13H16O. The second-order valence-corrected chi connectivity index (χ2v) is 4.74. The van der Waals surface area contributed by atoms with Gasteiger partial charge in [-0.3, -0.25) is 0 Å². The zero-order valence-electron chi connectivity index (χ0n) is 8.42. The maximum atomic E-state index is 9.44. The topological polar surface area (TPSA) is 20.2 Å². The van der Waals surface area contributed by atoms with Crippen LogP contribution in [0, 0.1) is 0 Å². The number of benzene rings is 1. The van der Waals surface area contributed by atoms with Crippen LogP contribution < -0.4 is 0 Å². The van der Waals surface area contributed by atoms with Gasteiger partial charge in [-0.15, -0.1) is 0 Å². The summed E-state index contributed by atoms with van der Waals surface area (Å²) in [6, 6.07) is 6.64. The van der Waals surface area contributed by atoms with Crippen molar-refractivity contribution in [1.29, 1.82) is 0 Å². The summed E-state index contributed by atoms with van der Waals surface area (Å²) >= 11 is 0. The second-order valence-electron chi connectivity index (χ2n) is 4.74. The predicted molar refractivity (Wildman–Crippen MR) is 56.5 cm³/mol. The minimum absolute atomic E-state index is 0.162. The Bertz CT molecular complexity index is 363. The fourth-order valence-corrected chi connectivity index (χ4v) is 2.78. The lowest BCUT2D eigenvalue weighted by Crippen LogP contribution is -2.14. The lowest BCUT2D eigenvalue weighted by Gasteiger charge is -2.16. The summed E-state index contributed by atoms with van der Waals surface area (Å²) in [5.74, 6) is 0. The zero-order chi connectivity index (χ0) is 9.60. The van der Waals surface area contributed by atoms with Gasteiger partial charge in [-0.2, -0.15) is 0 Å². The summed E-state index contributed by atoms with van der Waals surface area (Å²) < 4.78 is 0. The Morgan fingerprint density at radius 2 is 2.07 bits per heavy atom. The van der Waals surface area contributed by atoms with Crippen LogP contribution in [0.2, 0.25) is 0 Å². The highest BCUT2D eigenvalue weighted by Crippen LogP contribution is 2.50. The number of hydrogen-bond acceptors (Lipinski definition) is 1. The van der Waals surface area contributed by atoms with Crippen LogP contribution >= 0.6 is 0 Å². The number of aliphatic hydroxyl groups is 1. The number of hydrogen-bond donors (Lipinski definition) is 1. The zero-order valence-corrected chi connectivity index (χ0v) is 8.42. The van der Waals surface area contributed by atoms with Crippen LogP contribution in [0.25, 0.3) is 0 Å². The van der Waals surface area contributed by atoms with E-state index in [1.165, 1.54) is 43.2 Å². The second kappa shape index (κ2) is 2.83. The molecule has 1 N–H and O–H groups in total. The summed E-state index contributed by atoms with van der Waals surface area (Å²) in [7, 11) is 0. The molecule has 3 rings (SSSR count). The van der Waals surface area contributed by atoms with E-state index in [4.69, 9.17) is 0 Å². The van der Waals surface area contributed by atoms with Crippen molar-refractivity contribution in [2.75, 3.05) is 6.61 Å². The van der Waals surface area contributed by atoms with Gasteiger partial charge in [0, 0.05) is 5.41 Å². The molecule has 1 heteroatoms. The van der Waals surface area contributed by atoms with E-state index < -0.39 is 0 Å². The summed E-state index contributed by atoms with van der Waals surface area (Å²) in [4.78, 5) is 0. The first kappa shape index (κ1) is 8.49. The van der Waals surface area contributed by atoms with E-state index in [0.717, 1.165) is 0 Å². The summed E-state index contributed by atoms with van der Waals surface area (Å²) in [5, 5.41) is 9.44. The molecule has 0 radical (unpaired) electrons. The highest BCUT2D eigenvalue weighted by atomic mass is 16.3. The minimum atomic E-state index is 0.162. The minimum Gasteiger partial charge on any atom is -0.395 e. The molecule has 2 aliphatic carbocycles. The first-order valence-corrected chi connectivity index (χ1v) is 5.58. The number of fused-ring (bicyclic) bond motifs is 1. The van der Waals surface area contributed by atoms with Gasteiger partial charge in [0.1, 0.15) is 0 Å². The van der Waals surface area contributed by atoms with Crippen molar-refractivity contribution in [2.45, 2.75) is 37.5 Å². The van der Waals surface area contributed by atoms with Gasteiger partial charge in [0.25, 0.3) is 0 Å². The van der Waals surface area contributed by atoms with Crippen molar-refractivity contribution in [3.63, 3.8) is 0 Å². The van der Waals surface area contributed by atoms with Crippen LogP contribution in [0.5, 0.6) is 0 Å². The van der Waals surface area contributed by atoms with Crippen molar-refractivity contribution in [1.82, 2.24) is 0 Å². The van der Waals surface area contributed by atoms with E-state index in [2.05, 4.69) is 18.2 Å². The van der Waals surface area contributed by atoms with Crippen LogP contribution in [0.4, 0.5) is 0 Å². The molecule has 1 nitrogen and oxygen atoms in total. The number of aliphatic hydroxyl groups excluding tert-OH is 1. The van der Waals surface area contributed by atoms with Crippen LogP contribution in [0.1, 0.15) is 36.0 Å². The van der Waals surface area contributed by atoms with Gasteiger partial charge in [-0.25, -0.2) is 0 Å². The third-order valence-electron chi connectivity index (χ3n) is 3.87. The van der Waals surface area contributed by atoms with Gasteiger partial charge in [-0.1, -0.05) is 18.2 Å². The van der Waals surface area contributed by atoms with E-state index in [0.29, 0.717) is 6.61 Å². The Morgan fingerprint density at radius 1 is 1.21 bits per heavy atom. The van der Waals surface area contributed by atoms with Crippen LogP contribution in [-0.2, 0) is 18.3 Å². The van der Waals surface area contributed by atoms with E-state index in [-0.39, 0.29) is 5.41 Å². The van der Waals surface area contributed by atoms with E-state index >= 15 is 0 Å². The molecule has 0 amide bonds. The van der Waals surface area contributed by atoms with Crippen molar-refractivity contribution < 1.29 is 5.11 Å². The summed E-state index contributed by atoms with van der Waals surface area (Å²) in [6.07, 6.45) is 6.13. The lowest BCUT2D eigenvalue weighted by molar-refractivity contribution is 0.254. The van der Waals surface area contributed by atoms with Gasteiger partial charge in [-0.05, 0) is 48.8 Å². The maximum Gasteiger partial charge on any atom is 0.0528 e. The standard InChI is InChI=1S/C13H16O/c14-9-13(7-8-13)12-6-2-4-10-3-1-5-11(10)12/h2,4,6,14H,1,3,5,7-9H2. The molecule has 74 valence electrons. The van der Waals surface area contributed by atoms with Crippen LogP contribution in [0.3, 0.4) is 0 Å². The summed E-state index contributed by atoms with van der Waals surface area (Å²) in [6.45, 7) is 0.337. The lowest BCUT2D eigenvalue weighted by atomic mass is 9.90. The first-order valence-electron chi connectivity index (χ1n) is 5.58. The average molecular weight is 188 g/mol. The van der Waals surface area contributed by atoms with Crippen LogP contribution in [0.15, 0.2) is 18.2 Å². The van der Waals surface area contributed by atoms with E-state index in [1.807, 2.05) is 0 Å². The van der Waals surface area contributed by atoms with Crippen LogP contribution in [-0.4, -0.2) is 11.7 Å². The molecule has 1 saturated carbocycles.